The maximum Gasteiger partial charge on any atom is 0.338 e. The Balaban J connectivity index is 3.11. The fourth-order valence-electron chi connectivity index (χ4n) is 1.88. The molecule has 0 spiro atoms. The lowest BCUT2D eigenvalue weighted by Gasteiger charge is -2.12. The molecule has 0 saturated carbocycles. The van der Waals surface area contributed by atoms with Crippen LogP contribution in [0.15, 0.2) is 54.0 Å². The third-order valence-electron chi connectivity index (χ3n) is 2.83. The van der Waals surface area contributed by atoms with Gasteiger partial charge in [-0.25, -0.2) is 4.79 Å². The number of benzene rings is 1. The minimum absolute atomic E-state index is 0.325. The summed E-state index contributed by atoms with van der Waals surface area (Å²) in [6, 6.07) is 9.75. The zero-order valence-electron chi connectivity index (χ0n) is 13.5. The predicted octanol–water partition coefficient (Wildman–Crippen LogP) is 3.63. The number of rotatable bonds is 9. The highest BCUT2D eigenvalue weighted by Gasteiger charge is 2.17. The summed E-state index contributed by atoms with van der Waals surface area (Å²) in [5.41, 5.74) is 1.51. The van der Waals surface area contributed by atoms with Crippen LogP contribution in [-0.4, -0.2) is 25.8 Å². The molecule has 0 radical (unpaired) electrons. The van der Waals surface area contributed by atoms with E-state index in [4.69, 9.17) is 14.2 Å². The number of hydrogen-bond donors (Lipinski definition) is 0. The third kappa shape index (κ3) is 6.04. The number of allylic oxidation sites excluding steroid dienone is 1. The standard InChI is InChI=1S/C18H24O4/c1-4-20-13-12-17(21-5-2)16(18(19)22-6-3)14-15-10-8-7-9-11-15/h7-13H,4-6,14H2,1-3H3/b13-12+,17-16+. The van der Waals surface area contributed by atoms with Crippen LogP contribution < -0.4 is 0 Å². The number of ether oxygens (including phenoxy) is 3. The molecule has 0 aromatic heterocycles. The van der Waals surface area contributed by atoms with Gasteiger partial charge in [-0.1, -0.05) is 30.3 Å². The molecule has 0 heterocycles. The van der Waals surface area contributed by atoms with Crippen molar-refractivity contribution in [2.24, 2.45) is 0 Å². The molecule has 0 amide bonds. The highest BCUT2D eigenvalue weighted by Crippen LogP contribution is 2.17. The summed E-state index contributed by atoms with van der Waals surface area (Å²) in [5, 5.41) is 0. The van der Waals surface area contributed by atoms with Gasteiger partial charge < -0.3 is 14.2 Å². The molecular formula is C18H24O4. The molecule has 1 rings (SSSR count). The van der Waals surface area contributed by atoms with Crippen molar-refractivity contribution in [3.8, 4) is 0 Å². The maximum atomic E-state index is 12.3. The summed E-state index contributed by atoms with van der Waals surface area (Å²) >= 11 is 0. The number of carbonyl (C=O) groups excluding carboxylic acids is 1. The molecule has 1 aromatic rings. The molecule has 0 atom stereocenters. The van der Waals surface area contributed by atoms with Gasteiger partial charge in [0.05, 0.1) is 31.7 Å². The quantitative estimate of drug-likeness (QED) is 0.302. The predicted molar refractivity (Wildman–Crippen MR) is 86.2 cm³/mol. The molecular weight excluding hydrogens is 280 g/mol. The fourth-order valence-corrected chi connectivity index (χ4v) is 1.88. The van der Waals surface area contributed by atoms with Crippen molar-refractivity contribution in [1.82, 2.24) is 0 Å². The van der Waals surface area contributed by atoms with E-state index in [2.05, 4.69) is 0 Å². The normalized spacial score (nSPS) is 12.0. The van der Waals surface area contributed by atoms with Crippen LogP contribution in [0, 0.1) is 0 Å². The second-order valence-corrected chi connectivity index (χ2v) is 4.42. The monoisotopic (exact) mass is 304 g/mol. The van der Waals surface area contributed by atoms with Crippen molar-refractivity contribution in [2.75, 3.05) is 19.8 Å². The molecule has 0 saturated heterocycles. The Bertz CT molecular complexity index is 503. The van der Waals surface area contributed by atoms with Crippen LogP contribution in [0.2, 0.25) is 0 Å². The van der Waals surface area contributed by atoms with Crippen molar-refractivity contribution < 1.29 is 19.0 Å². The van der Waals surface area contributed by atoms with Gasteiger partial charge in [-0.3, -0.25) is 0 Å². The first-order valence-corrected chi connectivity index (χ1v) is 7.58. The van der Waals surface area contributed by atoms with E-state index >= 15 is 0 Å². The Labute approximate surface area is 132 Å². The van der Waals surface area contributed by atoms with Crippen LogP contribution in [0.3, 0.4) is 0 Å². The Hall–Kier alpha value is -2.23. The van der Waals surface area contributed by atoms with Crippen molar-refractivity contribution in [2.45, 2.75) is 27.2 Å². The van der Waals surface area contributed by atoms with Crippen LogP contribution in [0.4, 0.5) is 0 Å². The van der Waals surface area contributed by atoms with Gasteiger partial charge in [-0.2, -0.15) is 0 Å². The molecule has 0 aliphatic heterocycles. The first-order chi connectivity index (χ1) is 10.7. The molecule has 22 heavy (non-hydrogen) atoms. The van der Waals surface area contributed by atoms with Crippen molar-refractivity contribution in [1.29, 1.82) is 0 Å². The summed E-state index contributed by atoms with van der Waals surface area (Å²) in [6.45, 7) is 6.90. The molecule has 0 N–H and O–H groups in total. The largest absolute Gasteiger partial charge is 0.501 e. The first kappa shape index (κ1) is 17.8. The zero-order chi connectivity index (χ0) is 16.2. The van der Waals surface area contributed by atoms with E-state index in [1.54, 1.807) is 13.0 Å². The SMILES string of the molecule is CCO/C=C/C(OCC)=C(/Cc1ccccc1)C(=O)OCC. The number of esters is 1. The Morgan fingerprint density at radius 1 is 1.00 bits per heavy atom. The van der Waals surface area contributed by atoms with Crippen LogP contribution in [0.5, 0.6) is 0 Å². The highest BCUT2D eigenvalue weighted by atomic mass is 16.5. The third-order valence-corrected chi connectivity index (χ3v) is 2.83. The lowest BCUT2D eigenvalue weighted by atomic mass is 10.0. The van der Waals surface area contributed by atoms with Gasteiger partial charge in [0.2, 0.25) is 0 Å². The second-order valence-electron chi connectivity index (χ2n) is 4.42. The van der Waals surface area contributed by atoms with Gasteiger partial charge in [0.1, 0.15) is 5.76 Å². The van der Waals surface area contributed by atoms with Gasteiger partial charge in [-0.05, 0) is 26.3 Å². The fraction of sp³-hybridized carbons (Fsp3) is 0.389. The van der Waals surface area contributed by atoms with E-state index in [9.17, 15) is 4.79 Å². The molecule has 0 aliphatic rings. The minimum Gasteiger partial charge on any atom is -0.501 e. The van der Waals surface area contributed by atoms with Crippen LogP contribution in [0.25, 0.3) is 0 Å². The summed E-state index contributed by atoms with van der Waals surface area (Å²) < 4.78 is 16.0. The van der Waals surface area contributed by atoms with Crippen LogP contribution in [-0.2, 0) is 25.4 Å². The molecule has 0 aliphatic carbocycles. The topological polar surface area (TPSA) is 44.8 Å². The molecule has 120 valence electrons. The summed E-state index contributed by atoms with van der Waals surface area (Å²) in [4.78, 5) is 12.3. The van der Waals surface area contributed by atoms with Crippen molar-refractivity contribution in [3.63, 3.8) is 0 Å². The molecule has 0 unspecified atom stereocenters. The Morgan fingerprint density at radius 2 is 1.68 bits per heavy atom. The van der Waals surface area contributed by atoms with Gasteiger partial charge >= 0.3 is 5.97 Å². The highest BCUT2D eigenvalue weighted by molar-refractivity contribution is 5.90. The van der Waals surface area contributed by atoms with E-state index in [1.165, 1.54) is 6.26 Å². The van der Waals surface area contributed by atoms with Gasteiger partial charge in [-0.15, -0.1) is 0 Å². The summed E-state index contributed by atoms with van der Waals surface area (Å²) in [5.74, 6) is 0.120. The van der Waals surface area contributed by atoms with E-state index in [-0.39, 0.29) is 5.97 Å². The molecule has 4 nitrogen and oxygen atoms in total. The van der Waals surface area contributed by atoms with Gasteiger partial charge in [0.15, 0.2) is 0 Å². The average molecular weight is 304 g/mol. The van der Waals surface area contributed by atoms with Gasteiger partial charge in [0, 0.05) is 12.5 Å². The van der Waals surface area contributed by atoms with Crippen molar-refractivity contribution >= 4 is 5.97 Å². The van der Waals surface area contributed by atoms with Crippen molar-refractivity contribution in [3.05, 3.63) is 59.6 Å². The van der Waals surface area contributed by atoms with Crippen LogP contribution >= 0.6 is 0 Å². The van der Waals surface area contributed by atoms with E-state index in [0.29, 0.717) is 37.6 Å². The zero-order valence-corrected chi connectivity index (χ0v) is 13.5. The van der Waals surface area contributed by atoms with Gasteiger partial charge in [0.25, 0.3) is 0 Å². The molecule has 0 bridgehead atoms. The molecule has 4 heteroatoms. The van der Waals surface area contributed by atoms with E-state index in [1.807, 2.05) is 44.2 Å². The van der Waals surface area contributed by atoms with Crippen LogP contribution in [0.1, 0.15) is 26.3 Å². The molecule has 1 aromatic carbocycles. The Kier molecular flexibility index (Phi) is 8.50. The van der Waals surface area contributed by atoms with E-state index < -0.39 is 0 Å². The number of carbonyl (C=O) groups is 1. The maximum absolute atomic E-state index is 12.3. The summed E-state index contributed by atoms with van der Waals surface area (Å²) in [7, 11) is 0. The molecule has 0 fully saturated rings. The second kappa shape index (κ2) is 10.5. The lowest BCUT2D eigenvalue weighted by molar-refractivity contribution is -0.138. The Morgan fingerprint density at radius 3 is 2.27 bits per heavy atom. The first-order valence-electron chi connectivity index (χ1n) is 7.58. The lowest BCUT2D eigenvalue weighted by Crippen LogP contribution is -2.13. The summed E-state index contributed by atoms with van der Waals surface area (Å²) in [6.07, 6.45) is 3.66. The smallest absolute Gasteiger partial charge is 0.338 e. The number of hydrogen-bond acceptors (Lipinski definition) is 4. The van der Waals surface area contributed by atoms with E-state index in [0.717, 1.165) is 5.56 Å². The minimum atomic E-state index is -0.365. The average Bonchev–Trinajstić information content (AvgIpc) is 2.53.